The number of nitrogens with one attached hydrogen (secondary N) is 3. The zero-order valence-corrected chi connectivity index (χ0v) is 13.7. The number of carbonyl (C=O) groups excluding carboxylic acids is 2. The smallest absolute Gasteiger partial charge is 0.321 e. The van der Waals surface area contributed by atoms with Crippen LogP contribution < -0.4 is 20.4 Å². The summed E-state index contributed by atoms with van der Waals surface area (Å²) in [6.45, 7) is 3.81. The first-order chi connectivity index (χ1) is 11.1. The van der Waals surface area contributed by atoms with Crippen LogP contribution in [0.2, 0.25) is 5.02 Å². The van der Waals surface area contributed by atoms with Gasteiger partial charge in [0.25, 0.3) is 5.91 Å². The molecule has 0 bridgehead atoms. The summed E-state index contributed by atoms with van der Waals surface area (Å²) in [5.74, 6) is -0.214. The number of halogens is 1. The van der Waals surface area contributed by atoms with Crippen LogP contribution in [0.4, 0.5) is 10.5 Å². The number of piperazine rings is 1. The maximum Gasteiger partial charge on any atom is 0.321 e. The van der Waals surface area contributed by atoms with Crippen molar-refractivity contribution in [3.05, 3.63) is 29.3 Å². The second kappa shape index (κ2) is 7.19. The van der Waals surface area contributed by atoms with Crippen molar-refractivity contribution in [2.45, 2.75) is 18.9 Å². The summed E-state index contributed by atoms with van der Waals surface area (Å²) in [7, 11) is 0. The van der Waals surface area contributed by atoms with Crippen LogP contribution in [0.5, 0.6) is 0 Å². The Morgan fingerprint density at radius 1 is 1.26 bits per heavy atom. The van der Waals surface area contributed by atoms with Crippen LogP contribution in [0.3, 0.4) is 0 Å². The van der Waals surface area contributed by atoms with Gasteiger partial charge in [0.15, 0.2) is 6.54 Å². The molecule has 1 aromatic rings. The van der Waals surface area contributed by atoms with E-state index in [4.69, 9.17) is 11.6 Å². The molecule has 2 aliphatic rings. The fourth-order valence-electron chi connectivity index (χ4n) is 2.78. The van der Waals surface area contributed by atoms with E-state index in [1.54, 1.807) is 0 Å². The Hall–Kier alpha value is -1.79. The summed E-state index contributed by atoms with van der Waals surface area (Å²) < 4.78 is 0. The van der Waals surface area contributed by atoms with Gasteiger partial charge in [-0.15, -0.1) is 0 Å². The normalized spacial score (nSPS) is 18.6. The third-order valence-corrected chi connectivity index (χ3v) is 4.46. The Kier molecular flexibility index (Phi) is 5.03. The molecule has 1 aromatic carbocycles. The number of nitrogens with zero attached hydrogens (tertiary/aromatic N) is 1. The van der Waals surface area contributed by atoms with Gasteiger partial charge in [-0.2, -0.15) is 0 Å². The van der Waals surface area contributed by atoms with Gasteiger partial charge in [0, 0.05) is 16.8 Å². The minimum atomic E-state index is -0.366. The number of imide groups is 1. The van der Waals surface area contributed by atoms with Crippen LogP contribution in [0.1, 0.15) is 12.8 Å². The van der Waals surface area contributed by atoms with Crippen molar-refractivity contribution in [2.24, 2.45) is 0 Å². The van der Waals surface area contributed by atoms with Gasteiger partial charge in [0.05, 0.1) is 26.2 Å². The van der Waals surface area contributed by atoms with E-state index in [2.05, 4.69) is 15.5 Å². The quantitative estimate of drug-likeness (QED) is 0.726. The topological polar surface area (TPSA) is 65.9 Å². The molecular formula is C16H22ClN4O2+. The highest BCUT2D eigenvalue weighted by molar-refractivity contribution is 6.30. The first kappa shape index (κ1) is 16.1. The molecule has 0 unspecified atom stereocenters. The molecule has 1 aliphatic carbocycles. The highest BCUT2D eigenvalue weighted by atomic mass is 35.5. The molecule has 6 nitrogen and oxygen atoms in total. The van der Waals surface area contributed by atoms with Crippen molar-refractivity contribution in [3.63, 3.8) is 0 Å². The minimum Gasteiger partial charge on any atom is -0.360 e. The lowest BCUT2D eigenvalue weighted by Gasteiger charge is -2.33. The van der Waals surface area contributed by atoms with Gasteiger partial charge >= 0.3 is 6.03 Å². The molecule has 0 aromatic heterocycles. The number of hydrogen-bond donors (Lipinski definition) is 3. The van der Waals surface area contributed by atoms with E-state index in [-0.39, 0.29) is 18.0 Å². The average Bonchev–Trinajstić information content (AvgIpc) is 3.31. The van der Waals surface area contributed by atoms with Gasteiger partial charge in [0.2, 0.25) is 0 Å². The second-order valence-electron chi connectivity index (χ2n) is 6.19. The number of anilines is 1. The van der Waals surface area contributed by atoms with E-state index in [9.17, 15) is 9.59 Å². The van der Waals surface area contributed by atoms with Crippen LogP contribution >= 0.6 is 11.6 Å². The molecular weight excluding hydrogens is 316 g/mol. The molecule has 3 amide bonds. The molecule has 1 saturated heterocycles. The number of benzene rings is 1. The number of carbonyl (C=O) groups is 2. The average molecular weight is 338 g/mol. The summed E-state index contributed by atoms with van der Waals surface area (Å²) >= 11 is 6.03. The maximum atomic E-state index is 11.9. The Morgan fingerprint density at radius 3 is 2.65 bits per heavy atom. The lowest BCUT2D eigenvalue weighted by Crippen LogP contribution is -3.16. The molecule has 1 saturated carbocycles. The Labute approximate surface area is 140 Å². The van der Waals surface area contributed by atoms with E-state index < -0.39 is 0 Å². The van der Waals surface area contributed by atoms with Crippen molar-refractivity contribution in [3.8, 4) is 0 Å². The van der Waals surface area contributed by atoms with Gasteiger partial charge in [0.1, 0.15) is 0 Å². The molecule has 1 heterocycles. The van der Waals surface area contributed by atoms with Crippen LogP contribution in [-0.2, 0) is 4.79 Å². The SMILES string of the molecule is O=C(C[NH+]1CCN(c2cccc(Cl)c2)CC1)NC(=O)NC1CC1. The Bertz CT molecular complexity index is 583. The summed E-state index contributed by atoms with van der Waals surface area (Å²) in [5, 5.41) is 5.90. The van der Waals surface area contributed by atoms with E-state index >= 15 is 0 Å². The highest BCUT2D eigenvalue weighted by Crippen LogP contribution is 2.19. The molecule has 1 aliphatic heterocycles. The first-order valence-corrected chi connectivity index (χ1v) is 8.42. The van der Waals surface area contributed by atoms with Crippen molar-refractivity contribution in [1.29, 1.82) is 0 Å². The fraction of sp³-hybridized carbons (Fsp3) is 0.500. The molecule has 0 atom stereocenters. The van der Waals surface area contributed by atoms with Crippen molar-refractivity contribution in [1.82, 2.24) is 10.6 Å². The molecule has 2 fully saturated rings. The van der Waals surface area contributed by atoms with Gasteiger partial charge in [-0.25, -0.2) is 4.79 Å². The molecule has 23 heavy (non-hydrogen) atoms. The van der Waals surface area contributed by atoms with E-state index in [0.29, 0.717) is 6.54 Å². The molecule has 3 N–H and O–H groups in total. The minimum absolute atomic E-state index is 0.214. The number of quaternary nitrogens is 1. The predicted molar refractivity (Wildman–Crippen MR) is 88.9 cm³/mol. The van der Waals surface area contributed by atoms with Gasteiger partial charge in [-0.1, -0.05) is 17.7 Å². The number of hydrogen-bond acceptors (Lipinski definition) is 3. The zero-order chi connectivity index (χ0) is 16.2. The Morgan fingerprint density at radius 2 is 2.00 bits per heavy atom. The van der Waals surface area contributed by atoms with Crippen molar-refractivity contribution in [2.75, 3.05) is 37.6 Å². The van der Waals surface area contributed by atoms with Gasteiger partial charge in [-0.05, 0) is 31.0 Å². The van der Waals surface area contributed by atoms with Crippen molar-refractivity contribution >= 4 is 29.2 Å². The van der Waals surface area contributed by atoms with Crippen LogP contribution in [-0.4, -0.2) is 50.7 Å². The molecule has 0 radical (unpaired) electrons. The highest BCUT2D eigenvalue weighted by Gasteiger charge is 2.26. The molecule has 7 heteroatoms. The largest absolute Gasteiger partial charge is 0.360 e. The maximum absolute atomic E-state index is 11.9. The molecule has 3 rings (SSSR count). The number of amides is 3. The summed E-state index contributed by atoms with van der Waals surface area (Å²) in [6.07, 6.45) is 2.02. The number of rotatable bonds is 4. The summed E-state index contributed by atoms with van der Waals surface area (Å²) in [5.41, 5.74) is 1.12. The lowest BCUT2D eigenvalue weighted by atomic mass is 10.2. The fourth-order valence-corrected chi connectivity index (χ4v) is 2.96. The lowest BCUT2D eigenvalue weighted by molar-refractivity contribution is -0.892. The van der Waals surface area contributed by atoms with E-state index in [1.807, 2.05) is 24.3 Å². The van der Waals surface area contributed by atoms with E-state index in [1.165, 1.54) is 4.90 Å². The van der Waals surface area contributed by atoms with Crippen LogP contribution in [0.25, 0.3) is 0 Å². The van der Waals surface area contributed by atoms with Gasteiger partial charge in [-0.3, -0.25) is 10.1 Å². The third-order valence-electron chi connectivity index (χ3n) is 4.22. The standard InChI is InChI=1S/C16H21ClN4O2/c17-12-2-1-3-14(10-12)21-8-6-20(7-9-21)11-15(22)19-16(23)18-13-4-5-13/h1-3,10,13H,4-9,11H2,(H2,18,19,22,23)/p+1. The molecule has 0 spiro atoms. The first-order valence-electron chi connectivity index (χ1n) is 8.04. The number of urea groups is 1. The monoisotopic (exact) mass is 337 g/mol. The summed E-state index contributed by atoms with van der Waals surface area (Å²) in [4.78, 5) is 26.9. The zero-order valence-electron chi connectivity index (χ0n) is 13.0. The van der Waals surface area contributed by atoms with Crippen LogP contribution in [0, 0.1) is 0 Å². The van der Waals surface area contributed by atoms with Crippen molar-refractivity contribution < 1.29 is 14.5 Å². The van der Waals surface area contributed by atoms with E-state index in [0.717, 1.165) is 49.7 Å². The van der Waals surface area contributed by atoms with Gasteiger partial charge < -0.3 is 15.1 Å². The second-order valence-corrected chi connectivity index (χ2v) is 6.63. The molecule has 124 valence electrons. The predicted octanol–water partition coefficient (Wildman–Crippen LogP) is 0.0331. The summed E-state index contributed by atoms with van der Waals surface area (Å²) in [6, 6.07) is 7.71. The Balaban J connectivity index is 1.41. The van der Waals surface area contributed by atoms with Crippen LogP contribution in [0.15, 0.2) is 24.3 Å². The third kappa shape index (κ3) is 4.84.